The van der Waals surface area contributed by atoms with E-state index >= 15 is 0 Å². The molecule has 2 fully saturated rings. The molecule has 1 amide bonds. The number of hydrogen-bond donors (Lipinski definition) is 0. The van der Waals surface area contributed by atoms with Crippen molar-refractivity contribution >= 4 is 17.5 Å². The van der Waals surface area contributed by atoms with Gasteiger partial charge in [-0.2, -0.15) is 0 Å². The van der Waals surface area contributed by atoms with E-state index in [-0.39, 0.29) is 6.04 Å². The molecule has 0 aromatic heterocycles. The fourth-order valence-electron chi connectivity index (χ4n) is 3.65. The highest BCUT2D eigenvalue weighted by molar-refractivity contribution is 6.30. The third-order valence-corrected chi connectivity index (χ3v) is 5.00. The zero-order valence-electron chi connectivity index (χ0n) is 11.9. The molecule has 2 aliphatic rings. The fraction of sp³-hybridized carbons (Fsp3) is 0.588. The lowest BCUT2D eigenvalue weighted by molar-refractivity contribution is -0.137. The summed E-state index contributed by atoms with van der Waals surface area (Å²) in [5.74, 6) is 1.05. The summed E-state index contributed by atoms with van der Waals surface area (Å²) < 4.78 is 0. The van der Waals surface area contributed by atoms with Crippen molar-refractivity contribution in [2.75, 3.05) is 6.54 Å². The minimum absolute atomic E-state index is 0.258. The van der Waals surface area contributed by atoms with Crippen LogP contribution in [0.5, 0.6) is 0 Å². The highest BCUT2D eigenvalue weighted by Crippen LogP contribution is 2.35. The zero-order chi connectivity index (χ0) is 13.9. The number of carbonyl (C=O) groups excluding carboxylic acids is 1. The minimum atomic E-state index is 0.258. The van der Waals surface area contributed by atoms with Crippen LogP contribution in [0, 0.1) is 5.92 Å². The van der Waals surface area contributed by atoms with E-state index in [1.54, 1.807) is 0 Å². The summed E-state index contributed by atoms with van der Waals surface area (Å²) in [6, 6.07) is 8.28. The van der Waals surface area contributed by atoms with E-state index in [0.717, 1.165) is 30.8 Å². The Kier molecular flexibility index (Phi) is 4.30. The maximum atomic E-state index is 12.3. The number of benzene rings is 1. The number of amides is 1. The van der Waals surface area contributed by atoms with Crippen molar-refractivity contribution in [1.29, 1.82) is 0 Å². The third-order valence-electron chi connectivity index (χ3n) is 4.75. The normalized spacial score (nSPS) is 24.4. The van der Waals surface area contributed by atoms with Crippen molar-refractivity contribution < 1.29 is 4.79 Å². The molecule has 0 unspecified atom stereocenters. The highest BCUT2D eigenvalue weighted by atomic mass is 35.5. The second kappa shape index (κ2) is 6.17. The minimum Gasteiger partial charge on any atom is -0.335 e. The summed E-state index contributed by atoms with van der Waals surface area (Å²) in [5, 5.41) is 0.762. The molecule has 20 heavy (non-hydrogen) atoms. The summed E-state index contributed by atoms with van der Waals surface area (Å²) in [5.41, 5.74) is 1.24. The zero-order valence-corrected chi connectivity index (χ0v) is 12.6. The number of carbonyl (C=O) groups is 1. The van der Waals surface area contributed by atoms with Crippen LogP contribution in [0.1, 0.15) is 56.6 Å². The first kappa shape index (κ1) is 13.9. The molecule has 108 valence electrons. The SMILES string of the molecule is O=C1CCC[C@@H](c2ccc(Cl)cc2)N1CC1CCCC1. The van der Waals surface area contributed by atoms with Gasteiger partial charge < -0.3 is 4.90 Å². The molecular weight excluding hydrogens is 270 g/mol. The molecule has 1 saturated heterocycles. The van der Waals surface area contributed by atoms with Gasteiger partial charge in [0.1, 0.15) is 0 Å². The molecule has 0 radical (unpaired) electrons. The van der Waals surface area contributed by atoms with Crippen LogP contribution in [0.4, 0.5) is 0 Å². The maximum Gasteiger partial charge on any atom is 0.223 e. The standard InChI is InChI=1S/C17H22ClNO/c18-15-10-8-14(9-11-15)16-6-3-7-17(20)19(16)12-13-4-1-2-5-13/h8-11,13,16H,1-7,12H2/t16-/m0/s1. The van der Waals surface area contributed by atoms with E-state index in [0.29, 0.717) is 11.8 Å². The highest BCUT2D eigenvalue weighted by Gasteiger charge is 2.31. The molecule has 1 aromatic rings. The van der Waals surface area contributed by atoms with Crippen LogP contribution < -0.4 is 0 Å². The van der Waals surface area contributed by atoms with Gasteiger partial charge in [-0.1, -0.05) is 36.6 Å². The van der Waals surface area contributed by atoms with Gasteiger partial charge in [0.2, 0.25) is 5.91 Å². The molecule has 1 atom stereocenters. The maximum absolute atomic E-state index is 12.3. The number of piperidine rings is 1. The summed E-state index contributed by atoms with van der Waals surface area (Å²) in [6.45, 7) is 0.951. The molecule has 1 aliphatic carbocycles. The van der Waals surface area contributed by atoms with Crippen molar-refractivity contribution in [1.82, 2.24) is 4.90 Å². The molecule has 3 rings (SSSR count). The van der Waals surface area contributed by atoms with Gasteiger partial charge in [0.05, 0.1) is 6.04 Å². The van der Waals surface area contributed by atoms with Crippen molar-refractivity contribution in [2.45, 2.75) is 51.0 Å². The average Bonchev–Trinajstić information content (AvgIpc) is 2.95. The molecular formula is C17H22ClNO. The quantitative estimate of drug-likeness (QED) is 0.798. The number of rotatable bonds is 3. The molecule has 0 bridgehead atoms. The van der Waals surface area contributed by atoms with Crippen molar-refractivity contribution in [3.8, 4) is 0 Å². The molecule has 3 heteroatoms. The van der Waals surface area contributed by atoms with Gasteiger partial charge in [-0.25, -0.2) is 0 Å². The van der Waals surface area contributed by atoms with Crippen LogP contribution in [0.25, 0.3) is 0 Å². The van der Waals surface area contributed by atoms with E-state index in [9.17, 15) is 4.79 Å². The third kappa shape index (κ3) is 3.01. The Morgan fingerprint density at radius 3 is 2.45 bits per heavy atom. The van der Waals surface area contributed by atoms with Crippen LogP contribution in [0.3, 0.4) is 0 Å². The Morgan fingerprint density at radius 2 is 1.75 bits per heavy atom. The average molecular weight is 292 g/mol. The second-order valence-corrected chi connectivity index (χ2v) is 6.59. The van der Waals surface area contributed by atoms with Gasteiger partial charge in [0.25, 0.3) is 0 Å². The van der Waals surface area contributed by atoms with E-state index in [2.05, 4.69) is 17.0 Å². The number of nitrogens with zero attached hydrogens (tertiary/aromatic N) is 1. The first-order valence-corrected chi connectivity index (χ1v) is 8.17. The van der Waals surface area contributed by atoms with Gasteiger partial charge in [-0.3, -0.25) is 4.79 Å². The molecule has 0 N–H and O–H groups in total. The lowest BCUT2D eigenvalue weighted by atomic mass is 9.93. The largest absolute Gasteiger partial charge is 0.335 e. The summed E-state index contributed by atoms with van der Waals surface area (Å²) >= 11 is 5.97. The first-order valence-electron chi connectivity index (χ1n) is 7.79. The molecule has 1 aromatic carbocycles. The number of likely N-dealkylation sites (tertiary alicyclic amines) is 1. The summed E-state index contributed by atoms with van der Waals surface area (Å²) in [6.07, 6.45) is 8.05. The van der Waals surface area contributed by atoms with Gasteiger partial charge >= 0.3 is 0 Å². The van der Waals surface area contributed by atoms with Crippen LogP contribution in [-0.2, 0) is 4.79 Å². The number of hydrogen-bond acceptors (Lipinski definition) is 1. The molecule has 2 nitrogen and oxygen atoms in total. The summed E-state index contributed by atoms with van der Waals surface area (Å²) in [4.78, 5) is 14.5. The van der Waals surface area contributed by atoms with E-state index in [1.807, 2.05) is 12.1 Å². The topological polar surface area (TPSA) is 20.3 Å². The molecule has 0 spiro atoms. The molecule has 1 saturated carbocycles. The predicted molar refractivity (Wildman–Crippen MR) is 81.7 cm³/mol. The van der Waals surface area contributed by atoms with Gasteiger partial charge in [-0.05, 0) is 49.3 Å². The molecule has 1 aliphatic heterocycles. The summed E-state index contributed by atoms with van der Waals surface area (Å²) in [7, 11) is 0. The van der Waals surface area contributed by atoms with Crippen LogP contribution in [0.2, 0.25) is 5.02 Å². The van der Waals surface area contributed by atoms with Gasteiger partial charge in [-0.15, -0.1) is 0 Å². The van der Waals surface area contributed by atoms with E-state index in [1.165, 1.54) is 31.2 Å². The Labute approximate surface area is 126 Å². The van der Waals surface area contributed by atoms with Crippen LogP contribution >= 0.6 is 11.6 Å². The van der Waals surface area contributed by atoms with Crippen molar-refractivity contribution in [3.05, 3.63) is 34.9 Å². The van der Waals surface area contributed by atoms with E-state index in [4.69, 9.17) is 11.6 Å². The fourth-order valence-corrected chi connectivity index (χ4v) is 3.78. The molecule has 1 heterocycles. The van der Waals surface area contributed by atoms with Crippen LogP contribution in [-0.4, -0.2) is 17.4 Å². The predicted octanol–water partition coefficient (Wildman–Crippen LogP) is 4.58. The lowest BCUT2D eigenvalue weighted by Crippen LogP contribution is -2.40. The first-order chi connectivity index (χ1) is 9.74. The number of halogens is 1. The van der Waals surface area contributed by atoms with E-state index < -0.39 is 0 Å². The smallest absolute Gasteiger partial charge is 0.223 e. The van der Waals surface area contributed by atoms with Gasteiger partial charge in [0, 0.05) is 18.0 Å². The second-order valence-electron chi connectivity index (χ2n) is 6.16. The van der Waals surface area contributed by atoms with Crippen molar-refractivity contribution in [2.24, 2.45) is 5.92 Å². The monoisotopic (exact) mass is 291 g/mol. The Hall–Kier alpha value is -1.02. The lowest BCUT2D eigenvalue weighted by Gasteiger charge is -2.37. The Morgan fingerprint density at radius 1 is 1.05 bits per heavy atom. The van der Waals surface area contributed by atoms with Crippen molar-refractivity contribution in [3.63, 3.8) is 0 Å². The van der Waals surface area contributed by atoms with Gasteiger partial charge in [0.15, 0.2) is 0 Å². The Bertz CT molecular complexity index is 464. The van der Waals surface area contributed by atoms with Crippen LogP contribution in [0.15, 0.2) is 24.3 Å². The Balaban J connectivity index is 1.78.